The van der Waals surface area contributed by atoms with Crippen LogP contribution in [0.25, 0.3) is 0 Å². The Balaban J connectivity index is 0.00000361. The van der Waals surface area contributed by atoms with Crippen molar-refractivity contribution in [1.29, 1.82) is 0 Å². The minimum absolute atomic E-state index is 0. The second-order valence-electron chi connectivity index (χ2n) is 4.18. The summed E-state index contributed by atoms with van der Waals surface area (Å²) >= 11 is 5.87. The van der Waals surface area contributed by atoms with Crippen LogP contribution in [0.3, 0.4) is 0 Å². The molecule has 1 unspecified atom stereocenters. The first kappa shape index (κ1) is 19.4. The Labute approximate surface area is 128 Å². The molecule has 1 atom stereocenters. The Hall–Kier alpha value is -0.650. The maximum atomic E-state index is 12.6. The van der Waals surface area contributed by atoms with Crippen LogP contribution in [0.4, 0.5) is 13.2 Å². The largest absolute Gasteiger partial charge is 0.489 e. The van der Waals surface area contributed by atoms with E-state index in [0.29, 0.717) is 12.8 Å². The van der Waals surface area contributed by atoms with E-state index in [-0.39, 0.29) is 29.3 Å². The third-order valence-corrected chi connectivity index (χ3v) is 3.04. The number of hydrogen-bond acceptors (Lipinski definition) is 2. The molecule has 7 heteroatoms. The van der Waals surface area contributed by atoms with E-state index < -0.39 is 11.7 Å². The van der Waals surface area contributed by atoms with Crippen molar-refractivity contribution in [1.82, 2.24) is 5.32 Å². The Morgan fingerprint density at radius 3 is 2.50 bits per heavy atom. The molecule has 0 aliphatic rings. The van der Waals surface area contributed by atoms with Gasteiger partial charge in [0.2, 0.25) is 0 Å². The maximum absolute atomic E-state index is 12.6. The summed E-state index contributed by atoms with van der Waals surface area (Å²) in [6.45, 7) is 2.65. The van der Waals surface area contributed by atoms with Crippen LogP contribution in [0.5, 0.6) is 5.75 Å². The Morgan fingerprint density at radius 2 is 2.00 bits per heavy atom. The van der Waals surface area contributed by atoms with Crippen molar-refractivity contribution >= 4 is 24.0 Å². The van der Waals surface area contributed by atoms with Gasteiger partial charge in [0.25, 0.3) is 0 Å². The smallest absolute Gasteiger partial charge is 0.416 e. The molecule has 20 heavy (non-hydrogen) atoms. The van der Waals surface area contributed by atoms with Gasteiger partial charge in [-0.2, -0.15) is 13.2 Å². The molecule has 1 rings (SSSR count). The number of hydrogen-bond donors (Lipinski definition) is 1. The Morgan fingerprint density at radius 1 is 1.35 bits per heavy atom. The van der Waals surface area contributed by atoms with Crippen LogP contribution < -0.4 is 10.1 Å². The summed E-state index contributed by atoms with van der Waals surface area (Å²) in [5, 5.41) is 3.17. The van der Waals surface area contributed by atoms with Gasteiger partial charge in [0.15, 0.2) is 0 Å². The summed E-state index contributed by atoms with van der Waals surface area (Å²) in [7, 11) is 1.81. The predicted octanol–water partition coefficient (Wildman–Crippen LogP) is 4.55. The molecule has 1 N–H and O–H groups in total. The van der Waals surface area contributed by atoms with E-state index in [1.165, 1.54) is 6.07 Å². The molecule has 0 aliphatic heterocycles. The first-order valence-electron chi connectivity index (χ1n) is 6.06. The van der Waals surface area contributed by atoms with Crippen LogP contribution in [0.2, 0.25) is 5.02 Å². The van der Waals surface area contributed by atoms with Gasteiger partial charge in [-0.15, -0.1) is 12.4 Å². The minimum atomic E-state index is -4.39. The first-order valence-corrected chi connectivity index (χ1v) is 6.44. The van der Waals surface area contributed by atoms with Crippen molar-refractivity contribution in [3.63, 3.8) is 0 Å². The van der Waals surface area contributed by atoms with Gasteiger partial charge in [-0.05, 0) is 44.6 Å². The summed E-state index contributed by atoms with van der Waals surface area (Å²) in [5.41, 5.74) is -0.754. The zero-order chi connectivity index (χ0) is 14.5. The number of ether oxygens (including phenoxy) is 1. The molecule has 116 valence electrons. The van der Waals surface area contributed by atoms with Crippen molar-refractivity contribution in [2.24, 2.45) is 0 Å². The summed E-state index contributed by atoms with van der Waals surface area (Å²) in [5.74, 6) is 0.0828. The fraction of sp³-hybridized carbons (Fsp3) is 0.538. The molecule has 0 spiro atoms. The predicted molar refractivity (Wildman–Crippen MR) is 77.0 cm³/mol. The topological polar surface area (TPSA) is 21.3 Å². The van der Waals surface area contributed by atoms with Crippen LogP contribution in [-0.2, 0) is 6.18 Å². The second-order valence-corrected chi connectivity index (χ2v) is 4.59. The standard InChI is InChI=1S/C13H17ClF3NO.ClH/c1-3-10(6-7-18-2)19-12-8-9(13(15,16)17)4-5-11(12)14;/h4-5,8,10,18H,3,6-7H2,1-2H3;1H. The quantitative estimate of drug-likeness (QED) is 0.825. The monoisotopic (exact) mass is 331 g/mol. The molecule has 0 heterocycles. The number of nitrogens with one attached hydrogen (secondary N) is 1. The van der Waals surface area contributed by atoms with E-state index >= 15 is 0 Å². The fourth-order valence-electron chi connectivity index (χ4n) is 1.60. The number of halogens is 5. The lowest BCUT2D eigenvalue weighted by Crippen LogP contribution is -2.22. The molecular weight excluding hydrogens is 314 g/mol. The van der Waals surface area contributed by atoms with E-state index in [0.717, 1.165) is 18.7 Å². The third kappa shape index (κ3) is 5.77. The maximum Gasteiger partial charge on any atom is 0.416 e. The highest BCUT2D eigenvalue weighted by atomic mass is 35.5. The van der Waals surface area contributed by atoms with Crippen LogP contribution >= 0.6 is 24.0 Å². The molecule has 1 aromatic rings. The lowest BCUT2D eigenvalue weighted by Gasteiger charge is -2.19. The summed E-state index contributed by atoms with van der Waals surface area (Å²) in [4.78, 5) is 0. The molecule has 0 aromatic heterocycles. The van der Waals surface area contributed by atoms with Crippen LogP contribution in [-0.4, -0.2) is 19.7 Å². The van der Waals surface area contributed by atoms with Crippen molar-refractivity contribution in [2.45, 2.75) is 32.0 Å². The lowest BCUT2D eigenvalue weighted by atomic mass is 10.2. The van der Waals surface area contributed by atoms with Gasteiger partial charge < -0.3 is 10.1 Å². The third-order valence-electron chi connectivity index (χ3n) is 2.72. The molecular formula is C13H18Cl2F3NO. The van der Waals surface area contributed by atoms with Crippen molar-refractivity contribution in [2.75, 3.05) is 13.6 Å². The lowest BCUT2D eigenvalue weighted by molar-refractivity contribution is -0.137. The average molecular weight is 332 g/mol. The molecule has 0 radical (unpaired) electrons. The van der Waals surface area contributed by atoms with Crippen molar-refractivity contribution in [3.05, 3.63) is 28.8 Å². The van der Waals surface area contributed by atoms with Crippen molar-refractivity contribution in [3.8, 4) is 5.75 Å². The first-order chi connectivity index (χ1) is 8.88. The zero-order valence-electron chi connectivity index (χ0n) is 11.3. The number of benzene rings is 1. The van der Waals surface area contributed by atoms with Gasteiger partial charge in [-0.3, -0.25) is 0 Å². The Bertz CT molecular complexity index is 413. The van der Waals surface area contributed by atoms with Gasteiger partial charge in [-0.1, -0.05) is 18.5 Å². The normalized spacial score (nSPS) is 12.7. The second kappa shape index (κ2) is 8.60. The molecule has 0 saturated heterocycles. The van der Waals surface area contributed by atoms with Gasteiger partial charge in [0.05, 0.1) is 16.7 Å². The molecule has 2 nitrogen and oxygen atoms in total. The molecule has 0 saturated carbocycles. The minimum Gasteiger partial charge on any atom is -0.489 e. The van der Waals surface area contributed by atoms with E-state index in [9.17, 15) is 13.2 Å². The van der Waals surface area contributed by atoms with Gasteiger partial charge in [0.1, 0.15) is 5.75 Å². The number of alkyl halides is 3. The van der Waals surface area contributed by atoms with Crippen LogP contribution in [0.15, 0.2) is 18.2 Å². The average Bonchev–Trinajstić information content (AvgIpc) is 2.35. The van der Waals surface area contributed by atoms with E-state index in [1.54, 1.807) is 0 Å². The van der Waals surface area contributed by atoms with Gasteiger partial charge in [-0.25, -0.2) is 0 Å². The van der Waals surface area contributed by atoms with E-state index in [1.807, 2.05) is 14.0 Å². The number of rotatable bonds is 6. The molecule has 0 aliphatic carbocycles. The highest BCUT2D eigenvalue weighted by Gasteiger charge is 2.31. The zero-order valence-corrected chi connectivity index (χ0v) is 12.8. The van der Waals surface area contributed by atoms with Crippen molar-refractivity contribution < 1.29 is 17.9 Å². The van der Waals surface area contributed by atoms with Gasteiger partial charge in [0, 0.05) is 0 Å². The molecule has 0 fully saturated rings. The SMILES string of the molecule is CCC(CCNC)Oc1cc(C(F)(F)F)ccc1Cl.Cl. The van der Waals surface area contributed by atoms with E-state index in [4.69, 9.17) is 16.3 Å². The van der Waals surface area contributed by atoms with Crippen LogP contribution in [0, 0.1) is 0 Å². The summed E-state index contributed by atoms with van der Waals surface area (Å²) < 4.78 is 43.4. The van der Waals surface area contributed by atoms with Gasteiger partial charge >= 0.3 is 6.18 Å². The summed E-state index contributed by atoms with van der Waals surface area (Å²) in [6, 6.07) is 3.11. The summed E-state index contributed by atoms with van der Waals surface area (Å²) in [6.07, 6.45) is -3.14. The molecule has 1 aromatic carbocycles. The highest BCUT2D eigenvalue weighted by molar-refractivity contribution is 6.32. The van der Waals surface area contributed by atoms with E-state index in [2.05, 4.69) is 5.32 Å². The Kier molecular flexibility index (Phi) is 8.32. The van der Waals surface area contributed by atoms with Crippen LogP contribution in [0.1, 0.15) is 25.3 Å². The molecule has 0 amide bonds. The molecule has 0 bridgehead atoms. The fourth-order valence-corrected chi connectivity index (χ4v) is 1.76. The highest BCUT2D eigenvalue weighted by Crippen LogP contribution is 2.35.